The van der Waals surface area contributed by atoms with Gasteiger partial charge in [-0.3, -0.25) is 14.4 Å². The molecule has 2 N–H and O–H groups in total. The minimum atomic E-state index is -4.00. The smallest absolute Gasteiger partial charge is 0.262 e. The molecule has 3 aromatic carbocycles. The lowest BCUT2D eigenvalue weighted by Gasteiger charge is -2.38. The highest BCUT2D eigenvalue weighted by Gasteiger charge is 2.35. The quantitative estimate of drug-likeness (QED) is 0.392. The number of ether oxygens (including phenoxy) is 1. The summed E-state index contributed by atoms with van der Waals surface area (Å²) in [5, 5.41) is 10.3. The molecule has 0 spiro atoms. The van der Waals surface area contributed by atoms with Gasteiger partial charge in [0.15, 0.2) is 5.75 Å². The van der Waals surface area contributed by atoms with Gasteiger partial charge in [0.2, 0.25) is 0 Å². The highest BCUT2D eigenvalue weighted by atomic mass is 35.5. The van der Waals surface area contributed by atoms with Crippen molar-refractivity contribution in [1.29, 1.82) is 0 Å². The van der Waals surface area contributed by atoms with Gasteiger partial charge in [-0.15, -0.1) is 0 Å². The minimum Gasteiger partial charge on any atom is -0.486 e. The SMILES string of the molecule is C[C@@H]1CN([C@H](C)CO)C(=O)c2cccc(NS(=O)(=O)c3ccc(Cl)cc3)c2O[C@H]1CN(C)Cc1ccccc1. The van der Waals surface area contributed by atoms with Crippen LogP contribution in [0.4, 0.5) is 5.69 Å². The zero-order valence-electron chi connectivity index (χ0n) is 22.2. The number of rotatable bonds is 9. The van der Waals surface area contributed by atoms with E-state index in [1.807, 2.05) is 32.2 Å². The van der Waals surface area contributed by atoms with Crippen molar-refractivity contribution in [2.24, 2.45) is 5.92 Å². The molecule has 0 fully saturated rings. The minimum absolute atomic E-state index is 0.0321. The number of carbonyl (C=O) groups excluding carboxylic acids is 1. The second-order valence-corrected chi connectivity index (χ2v) is 12.2. The molecule has 208 valence electrons. The Bertz CT molecular complexity index is 1390. The Kier molecular flexibility index (Phi) is 9.17. The zero-order valence-corrected chi connectivity index (χ0v) is 23.8. The molecule has 1 amide bonds. The first kappa shape index (κ1) is 28.9. The number of carbonyl (C=O) groups is 1. The fraction of sp³-hybridized carbons (Fsp3) is 0.345. The molecule has 0 saturated carbocycles. The maximum atomic E-state index is 13.7. The number of hydrogen-bond donors (Lipinski definition) is 2. The predicted octanol–water partition coefficient (Wildman–Crippen LogP) is 4.49. The Hall–Kier alpha value is -3.11. The molecule has 10 heteroatoms. The molecule has 3 atom stereocenters. The molecule has 0 bridgehead atoms. The summed E-state index contributed by atoms with van der Waals surface area (Å²) in [4.78, 5) is 17.5. The molecule has 0 saturated heterocycles. The maximum Gasteiger partial charge on any atom is 0.262 e. The molecule has 0 radical (unpaired) electrons. The van der Waals surface area contributed by atoms with Crippen molar-refractivity contribution in [3.8, 4) is 5.75 Å². The molecule has 1 aliphatic rings. The number of aliphatic hydroxyl groups excluding tert-OH is 1. The number of nitrogens with one attached hydrogen (secondary N) is 1. The van der Waals surface area contributed by atoms with Crippen LogP contribution in [0.25, 0.3) is 0 Å². The normalized spacial score (nSPS) is 18.6. The van der Waals surface area contributed by atoms with Gasteiger partial charge in [0.25, 0.3) is 15.9 Å². The second-order valence-electron chi connectivity index (χ2n) is 10.0. The standard InChI is InChI=1S/C29H34ClN3O5S/c1-20-16-33(21(2)19-34)29(35)25-10-7-11-26(31-39(36,37)24-14-12-23(30)13-15-24)28(25)38-27(20)18-32(3)17-22-8-5-4-6-9-22/h4-15,20-21,27,31,34H,16-19H2,1-3H3/t20-,21-,27+/m1/s1. The molecule has 1 heterocycles. The van der Waals surface area contributed by atoms with Crippen LogP contribution in [0.1, 0.15) is 29.8 Å². The van der Waals surface area contributed by atoms with Crippen LogP contribution in [0.3, 0.4) is 0 Å². The fourth-order valence-electron chi connectivity index (χ4n) is 4.63. The number of hydrogen-bond acceptors (Lipinski definition) is 6. The molecular formula is C29H34ClN3O5S. The Morgan fingerprint density at radius 2 is 1.79 bits per heavy atom. The Morgan fingerprint density at radius 3 is 2.46 bits per heavy atom. The Labute approximate surface area is 235 Å². The van der Waals surface area contributed by atoms with Crippen LogP contribution < -0.4 is 9.46 Å². The van der Waals surface area contributed by atoms with Crippen molar-refractivity contribution in [1.82, 2.24) is 9.80 Å². The molecule has 3 aromatic rings. The van der Waals surface area contributed by atoms with Gasteiger partial charge in [-0.2, -0.15) is 0 Å². The molecule has 39 heavy (non-hydrogen) atoms. The van der Waals surface area contributed by atoms with E-state index in [2.05, 4.69) is 21.8 Å². The highest BCUT2D eigenvalue weighted by Crippen LogP contribution is 2.36. The van der Waals surface area contributed by atoms with E-state index in [1.165, 1.54) is 24.3 Å². The van der Waals surface area contributed by atoms with Gasteiger partial charge >= 0.3 is 0 Å². The second kappa shape index (κ2) is 12.4. The molecule has 0 unspecified atom stereocenters. The van der Waals surface area contributed by atoms with Crippen LogP contribution in [0.5, 0.6) is 5.75 Å². The lowest BCUT2D eigenvalue weighted by molar-refractivity contribution is 0.0344. The summed E-state index contributed by atoms with van der Waals surface area (Å²) in [7, 11) is -2.00. The Morgan fingerprint density at radius 1 is 1.10 bits per heavy atom. The van der Waals surface area contributed by atoms with E-state index in [4.69, 9.17) is 16.3 Å². The third-order valence-corrected chi connectivity index (χ3v) is 8.48. The van der Waals surface area contributed by atoms with E-state index >= 15 is 0 Å². The van der Waals surface area contributed by atoms with E-state index in [9.17, 15) is 18.3 Å². The summed E-state index contributed by atoms with van der Waals surface area (Å²) in [5.74, 6) is -0.280. The number of aliphatic hydroxyl groups is 1. The summed E-state index contributed by atoms with van der Waals surface area (Å²) in [5.41, 5.74) is 1.55. The molecular weight excluding hydrogens is 538 g/mol. The van der Waals surface area contributed by atoms with Crippen molar-refractivity contribution in [2.45, 2.75) is 37.4 Å². The molecule has 0 aromatic heterocycles. The first-order valence-electron chi connectivity index (χ1n) is 12.8. The lowest BCUT2D eigenvalue weighted by atomic mass is 9.99. The number of fused-ring (bicyclic) bond motifs is 1. The van der Waals surface area contributed by atoms with E-state index in [-0.39, 0.29) is 46.4 Å². The topological polar surface area (TPSA) is 99.2 Å². The first-order chi connectivity index (χ1) is 18.6. The highest BCUT2D eigenvalue weighted by molar-refractivity contribution is 7.92. The number of para-hydroxylation sites is 1. The number of halogens is 1. The van der Waals surface area contributed by atoms with Crippen molar-refractivity contribution in [2.75, 3.05) is 31.5 Å². The third-order valence-electron chi connectivity index (χ3n) is 6.85. The fourth-order valence-corrected chi connectivity index (χ4v) is 5.81. The van der Waals surface area contributed by atoms with Crippen LogP contribution >= 0.6 is 11.6 Å². The number of benzene rings is 3. The van der Waals surface area contributed by atoms with Gasteiger partial charge in [-0.1, -0.05) is 54.9 Å². The van der Waals surface area contributed by atoms with Crippen LogP contribution in [0.15, 0.2) is 77.7 Å². The molecule has 8 nitrogen and oxygen atoms in total. The van der Waals surface area contributed by atoms with Gasteiger partial charge in [-0.05, 0) is 55.9 Å². The number of nitrogens with zero attached hydrogens (tertiary/aromatic N) is 2. The Balaban J connectivity index is 1.71. The van der Waals surface area contributed by atoms with E-state index in [1.54, 1.807) is 30.0 Å². The van der Waals surface area contributed by atoms with E-state index < -0.39 is 16.1 Å². The molecule has 4 rings (SSSR count). The van der Waals surface area contributed by atoms with Gasteiger partial charge in [0.1, 0.15) is 6.10 Å². The van der Waals surface area contributed by atoms with Gasteiger partial charge in [0, 0.05) is 30.6 Å². The van der Waals surface area contributed by atoms with Crippen LogP contribution in [-0.2, 0) is 16.6 Å². The van der Waals surface area contributed by atoms with Crippen molar-refractivity contribution in [3.63, 3.8) is 0 Å². The molecule has 0 aliphatic carbocycles. The van der Waals surface area contributed by atoms with E-state index in [0.717, 1.165) is 5.56 Å². The molecule has 1 aliphatic heterocycles. The van der Waals surface area contributed by atoms with Crippen LogP contribution in [-0.4, -0.2) is 68.1 Å². The monoisotopic (exact) mass is 571 g/mol. The van der Waals surface area contributed by atoms with E-state index in [0.29, 0.717) is 24.7 Å². The van der Waals surface area contributed by atoms with Crippen LogP contribution in [0, 0.1) is 5.92 Å². The van der Waals surface area contributed by atoms with Crippen molar-refractivity contribution >= 4 is 33.2 Å². The largest absolute Gasteiger partial charge is 0.486 e. The van der Waals surface area contributed by atoms with Gasteiger partial charge in [-0.25, -0.2) is 8.42 Å². The summed E-state index contributed by atoms with van der Waals surface area (Å²) < 4.78 is 35.6. The number of anilines is 1. The van der Waals surface area contributed by atoms with Crippen molar-refractivity contribution < 1.29 is 23.1 Å². The first-order valence-corrected chi connectivity index (χ1v) is 14.7. The number of sulfonamides is 1. The summed E-state index contributed by atoms with van der Waals surface area (Å²) in [6.45, 7) is 5.19. The lowest BCUT2D eigenvalue weighted by Crippen LogP contribution is -2.49. The summed E-state index contributed by atoms with van der Waals surface area (Å²) in [6.07, 6.45) is -0.375. The maximum absolute atomic E-state index is 13.7. The van der Waals surface area contributed by atoms with Gasteiger partial charge in [0.05, 0.1) is 28.8 Å². The zero-order chi connectivity index (χ0) is 28.2. The van der Waals surface area contributed by atoms with Crippen LogP contribution in [0.2, 0.25) is 5.02 Å². The average Bonchev–Trinajstić information content (AvgIpc) is 2.91. The average molecular weight is 572 g/mol. The predicted molar refractivity (Wildman–Crippen MR) is 153 cm³/mol. The number of likely N-dealkylation sites (N-methyl/N-ethyl adjacent to an activating group) is 1. The summed E-state index contributed by atoms with van der Waals surface area (Å²) in [6, 6.07) is 20.3. The third kappa shape index (κ3) is 6.91. The van der Waals surface area contributed by atoms with Gasteiger partial charge < -0.3 is 14.7 Å². The summed E-state index contributed by atoms with van der Waals surface area (Å²) >= 11 is 5.94. The number of amides is 1. The van der Waals surface area contributed by atoms with Crippen molar-refractivity contribution in [3.05, 3.63) is 88.9 Å².